The zero-order valence-corrected chi connectivity index (χ0v) is 12.5. The maximum Gasteiger partial charge on any atom is 0.319 e. The normalized spacial score (nSPS) is 11.3. The molecule has 2 aromatic carbocycles. The maximum absolute atomic E-state index is 11.9. The van der Waals surface area contributed by atoms with Crippen LogP contribution in [0.4, 0.5) is 10.5 Å². The van der Waals surface area contributed by atoms with E-state index in [1.165, 1.54) is 24.3 Å². The van der Waals surface area contributed by atoms with Gasteiger partial charge in [-0.25, -0.2) is 4.79 Å². The van der Waals surface area contributed by atoms with Crippen molar-refractivity contribution in [1.29, 1.82) is 0 Å². The number of carboxylic acid groups (broad SMARTS) is 2. The van der Waals surface area contributed by atoms with Crippen molar-refractivity contribution < 1.29 is 24.6 Å². The molecule has 2 rings (SSSR count). The van der Waals surface area contributed by atoms with Crippen molar-refractivity contribution in [2.24, 2.45) is 0 Å². The van der Waals surface area contributed by atoms with Gasteiger partial charge >= 0.3 is 6.03 Å². The van der Waals surface area contributed by atoms with Gasteiger partial charge in [0, 0.05) is 5.69 Å². The molecule has 0 aromatic heterocycles. The van der Waals surface area contributed by atoms with Gasteiger partial charge in [-0.05, 0) is 29.7 Å². The Balaban J connectivity index is 2.02. The van der Waals surface area contributed by atoms with Gasteiger partial charge in [0.05, 0.1) is 18.0 Å². The Hall–Kier alpha value is -3.35. The first-order chi connectivity index (χ1) is 11.5. The third-order valence-corrected chi connectivity index (χ3v) is 3.23. The van der Waals surface area contributed by atoms with Crippen molar-refractivity contribution in [2.45, 2.75) is 12.5 Å². The number of hydrogen-bond acceptors (Lipinski definition) is 5. The summed E-state index contributed by atoms with van der Waals surface area (Å²) in [7, 11) is 0. The van der Waals surface area contributed by atoms with Crippen LogP contribution in [0.3, 0.4) is 0 Å². The number of carbonyl (C=O) groups excluding carboxylic acids is 3. The molecular weight excluding hydrogens is 312 g/mol. The molecule has 0 aliphatic carbocycles. The second-order valence-electron chi connectivity index (χ2n) is 5.03. The monoisotopic (exact) mass is 326 g/mol. The fourth-order valence-corrected chi connectivity index (χ4v) is 2.09. The summed E-state index contributed by atoms with van der Waals surface area (Å²) < 4.78 is 0. The van der Waals surface area contributed by atoms with Crippen LogP contribution in [-0.2, 0) is 11.2 Å². The molecule has 1 atom stereocenters. The first-order valence-electron chi connectivity index (χ1n) is 7.09. The predicted molar refractivity (Wildman–Crippen MR) is 81.9 cm³/mol. The molecule has 0 heterocycles. The van der Waals surface area contributed by atoms with Gasteiger partial charge in [0.15, 0.2) is 0 Å². The number of aromatic carboxylic acids is 1. The minimum atomic E-state index is -1.42. The molecule has 0 spiro atoms. The fourth-order valence-electron chi connectivity index (χ4n) is 2.09. The van der Waals surface area contributed by atoms with E-state index in [9.17, 15) is 24.6 Å². The Bertz CT molecular complexity index is 746. The van der Waals surface area contributed by atoms with Crippen molar-refractivity contribution in [3.05, 3.63) is 65.7 Å². The van der Waals surface area contributed by atoms with Gasteiger partial charge in [-0.15, -0.1) is 0 Å². The number of carbonyl (C=O) groups is 3. The van der Waals surface area contributed by atoms with Crippen LogP contribution in [0.2, 0.25) is 0 Å². The zero-order valence-electron chi connectivity index (χ0n) is 12.5. The van der Waals surface area contributed by atoms with Crippen molar-refractivity contribution in [1.82, 2.24) is 5.32 Å². The molecule has 0 aliphatic rings. The molecule has 0 radical (unpaired) electrons. The van der Waals surface area contributed by atoms with E-state index in [4.69, 9.17) is 0 Å². The van der Waals surface area contributed by atoms with Crippen molar-refractivity contribution >= 4 is 23.7 Å². The number of aliphatic carboxylic acids is 1. The standard InChI is InChI=1S/C17H16N2O5/c20-15(21)12-7-4-8-13(10-12)18-17(24)19-14(16(22)23)9-11-5-2-1-3-6-11/h1-8,10,14H,9H2,(H,20,21)(H,22,23)(H2,18,19,24)/p-2/t14-/m0/s1. The van der Waals surface area contributed by atoms with E-state index in [-0.39, 0.29) is 17.7 Å². The van der Waals surface area contributed by atoms with Gasteiger partial charge in [0.25, 0.3) is 0 Å². The SMILES string of the molecule is O=C(Nc1cccc(C(=O)[O-])c1)N[C@@H](Cc1ccccc1)C(=O)[O-]. The van der Waals surface area contributed by atoms with E-state index in [0.29, 0.717) is 0 Å². The summed E-state index contributed by atoms with van der Waals surface area (Å²) in [6.45, 7) is 0. The Kier molecular flexibility index (Phi) is 5.51. The number of benzene rings is 2. The van der Waals surface area contributed by atoms with Crippen molar-refractivity contribution in [3.63, 3.8) is 0 Å². The fraction of sp³-hybridized carbons (Fsp3) is 0.118. The lowest BCUT2D eigenvalue weighted by molar-refractivity contribution is -0.308. The second kappa shape index (κ2) is 7.77. The highest BCUT2D eigenvalue weighted by Crippen LogP contribution is 2.10. The molecule has 2 amide bonds. The lowest BCUT2D eigenvalue weighted by Gasteiger charge is -2.20. The molecular formula is C17H14N2O5-2. The average Bonchev–Trinajstić information content (AvgIpc) is 2.55. The molecule has 24 heavy (non-hydrogen) atoms. The Morgan fingerprint density at radius 3 is 2.29 bits per heavy atom. The summed E-state index contributed by atoms with van der Waals surface area (Å²) in [5, 5.41) is 26.6. The quantitative estimate of drug-likeness (QED) is 0.743. The predicted octanol–water partition coefficient (Wildman–Crippen LogP) is -0.467. The Labute approximate surface area is 137 Å². The summed E-state index contributed by atoms with van der Waals surface area (Å²) in [5.41, 5.74) is 0.825. The molecule has 0 saturated heterocycles. The van der Waals surface area contributed by atoms with Crippen molar-refractivity contribution in [3.8, 4) is 0 Å². The smallest absolute Gasteiger partial charge is 0.319 e. The largest absolute Gasteiger partial charge is 0.548 e. The summed E-state index contributed by atoms with van der Waals surface area (Å²) in [5.74, 6) is -2.80. The summed E-state index contributed by atoms with van der Waals surface area (Å²) in [6.07, 6.45) is 0.0652. The second-order valence-corrected chi connectivity index (χ2v) is 5.03. The summed E-state index contributed by atoms with van der Waals surface area (Å²) >= 11 is 0. The third-order valence-electron chi connectivity index (χ3n) is 3.23. The molecule has 0 saturated carbocycles. The van der Waals surface area contributed by atoms with Crippen molar-refractivity contribution in [2.75, 3.05) is 5.32 Å². The first-order valence-corrected chi connectivity index (χ1v) is 7.09. The van der Waals surface area contributed by atoms with E-state index in [0.717, 1.165) is 5.56 Å². The van der Waals surface area contributed by atoms with E-state index >= 15 is 0 Å². The summed E-state index contributed by atoms with van der Waals surface area (Å²) in [6, 6.07) is 12.2. The number of rotatable bonds is 6. The molecule has 7 nitrogen and oxygen atoms in total. The van der Waals surface area contributed by atoms with E-state index in [2.05, 4.69) is 10.6 Å². The highest BCUT2D eigenvalue weighted by molar-refractivity contribution is 5.94. The van der Waals surface area contributed by atoms with Gasteiger partial charge in [0.2, 0.25) is 0 Å². The molecule has 124 valence electrons. The number of nitrogens with one attached hydrogen (secondary N) is 2. The first kappa shape index (κ1) is 17.0. The Morgan fingerprint density at radius 1 is 0.958 bits per heavy atom. The molecule has 0 aliphatic heterocycles. The molecule has 0 bridgehead atoms. The van der Waals surface area contributed by atoms with Gasteiger partial charge < -0.3 is 30.4 Å². The van der Waals surface area contributed by atoms with Crippen LogP contribution >= 0.6 is 0 Å². The lowest BCUT2D eigenvalue weighted by atomic mass is 10.1. The van der Waals surface area contributed by atoms with Gasteiger partial charge in [-0.3, -0.25) is 0 Å². The van der Waals surface area contributed by atoms with Gasteiger partial charge in [0.1, 0.15) is 0 Å². The molecule has 7 heteroatoms. The number of urea groups is 1. The van der Waals surface area contributed by atoms with E-state index < -0.39 is 24.0 Å². The molecule has 0 unspecified atom stereocenters. The van der Waals surface area contributed by atoms with Crippen LogP contribution < -0.4 is 20.8 Å². The lowest BCUT2D eigenvalue weighted by Crippen LogP contribution is -2.50. The van der Waals surface area contributed by atoms with Crippen LogP contribution in [0.1, 0.15) is 15.9 Å². The zero-order chi connectivity index (χ0) is 17.5. The number of carboxylic acids is 2. The summed E-state index contributed by atoms with van der Waals surface area (Å²) in [4.78, 5) is 33.9. The van der Waals surface area contributed by atoms with Crippen LogP contribution in [0.25, 0.3) is 0 Å². The minimum Gasteiger partial charge on any atom is -0.548 e. The van der Waals surface area contributed by atoms with E-state index in [1.54, 1.807) is 30.3 Å². The average molecular weight is 326 g/mol. The van der Waals surface area contributed by atoms with Gasteiger partial charge in [-0.1, -0.05) is 42.5 Å². The topological polar surface area (TPSA) is 121 Å². The number of amides is 2. The highest BCUT2D eigenvalue weighted by Gasteiger charge is 2.14. The van der Waals surface area contributed by atoms with E-state index in [1.807, 2.05) is 0 Å². The van der Waals surface area contributed by atoms with Crippen LogP contribution in [0.5, 0.6) is 0 Å². The van der Waals surface area contributed by atoms with Crippen LogP contribution in [0.15, 0.2) is 54.6 Å². The van der Waals surface area contributed by atoms with Gasteiger partial charge in [-0.2, -0.15) is 0 Å². The molecule has 0 fully saturated rings. The number of anilines is 1. The third kappa shape index (κ3) is 4.84. The Morgan fingerprint density at radius 2 is 1.67 bits per heavy atom. The molecule has 2 N–H and O–H groups in total. The number of hydrogen-bond donors (Lipinski definition) is 2. The van der Waals surface area contributed by atoms with Crippen LogP contribution in [-0.4, -0.2) is 24.0 Å². The minimum absolute atomic E-state index is 0.0652. The van der Waals surface area contributed by atoms with Crippen LogP contribution in [0, 0.1) is 0 Å². The maximum atomic E-state index is 11.9. The highest BCUT2D eigenvalue weighted by atomic mass is 16.4. The molecule has 2 aromatic rings.